The van der Waals surface area contributed by atoms with Crippen LogP contribution < -0.4 is 10.6 Å². The molecule has 2 aliphatic heterocycles. The van der Waals surface area contributed by atoms with Crippen LogP contribution in [0.25, 0.3) is 0 Å². The Balaban J connectivity index is 1.89. The number of hydrogen-bond acceptors (Lipinski definition) is 3. The highest BCUT2D eigenvalue weighted by Crippen LogP contribution is 2.34. The SMILES string of the molecule is CCC1CCN2C(=O)N(c3ccc(N)cc3)C(=O)C2C1. The molecule has 5 nitrogen and oxygen atoms in total. The van der Waals surface area contributed by atoms with E-state index in [1.807, 2.05) is 0 Å². The molecule has 0 saturated carbocycles. The smallest absolute Gasteiger partial charge is 0.332 e. The van der Waals surface area contributed by atoms with E-state index in [-0.39, 0.29) is 18.0 Å². The van der Waals surface area contributed by atoms with Gasteiger partial charge in [0.2, 0.25) is 0 Å². The molecule has 2 N–H and O–H groups in total. The molecule has 0 spiro atoms. The fraction of sp³-hybridized carbons (Fsp3) is 0.467. The van der Waals surface area contributed by atoms with E-state index in [0.29, 0.717) is 23.8 Å². The number of fused-ring (bicyclic) bond motifs is 1. The summed E-state index contributed by atoms with van der Waals surface area (Å²) in [5, 5.41) is 0. The molecule has 2 unspecified atom stereocenters. The molecule has 2 atom stereocenters. The second-order valence-corrected chi connectivity index (χ2v) is 5.56. The zero-order valence-electron chi connectivity index (χ0n) is 11.6. The van der Waals surface area contributed by atoms with Crippen molar-refractivity contribution in [2.45, 2.75) is 32.2 Å². The number of hydrogen-bond donors (Lipinski definition) is 1. The number of piperidine rings is 1. The topological polar surface area (TPSA) is 66.6 Å². The number of nitrogens with zero attached hydrogens (tertiary/aromatic N) is 2. The molecule has 2 heterocycles. The van der Waals surface area contributed by atoms with Gasteiger partial charge >= 0.3 is 6.03 Å². The van der Waals surface area contributed by atoms with Crippen molar-refractivity contribution in [1.82, 2.24) is 4.90 Å². The van der Waals surface area contributed by atoms with Gasteiger partial charge in [0, 0.05) is 12.2 Å². The van der Waals surface area contributed by atoms with Gasteiger partial charge < -0.3 is 10.6 Å². The highest BCUT2D eigenvalue weighted by Gasteiger charge is 2.48. The summed E-state index contributed by atoms with van der Waals surface area (Å²) >= 11 is 0. The second kappa shape index (κ2) is 4.81. The van der Waals surface area contributed by atoms with Crippen molar-refractivity contribution < 1.29 is 9.59 Å². The number of imide groups is 1. The minimum atomic E-state index is -0.279. The Kier molecular flexibility index (Phi) is 3.12. The molecule has 5 heteroatoms. The summed E-state index contributed by atoms with van der Waals surface area (Å²) in [7, 11) is 0. The van der Waals surface area contributed by atoms with Crippen LogP contribution in [0.15, 0.2) is 24.3 Å². The van der Waals surface area contributed by atoms with Crippen LogP contribution in [0, 0.1) is 5.92 Å². The summed E-state index contributed by atoms with van der Waals surface area (Å²) < 4.78 is 0. The second-order valence-electron chi connectivity index (χ2n) is 5.56. The van der Waals surface area contributed by atoms with Crippen molar-refractivity contribution in [3.8, 4) is 0 Å². The van der Waals surface area contributed by atoms with E-state index >= 15 is 0 Å². The summed E-state index contributed by atoms with van der Waals surface area (Å²) in [6, 6.07) is 6.39. The van der Waals surface area contributed by atoms with E-state index in [9.17, 15) is 9.59 Å². The number of benzene rings is 1. The lowest BCUT2D eigenvalue weighted by molar-refractivity contribution is -0.120. The van der Waals surface area contributed by atoms with Gasteiger partial charge in [0.1, 0.15) is 6.04 Å². The van der Waals surface area contributed by atoms with Crippen molar-refractivity contribution in [3.05, 3.63) is 24.3 Å². The van der Waals surface area contributed by atoms with Gasteiger partial charge in [-0.3, -0.25) is 4.79 Å². The van der Waals surface area contributed by atoms with Gasteiger partial charge in [-0.2, -0.15) is 0 Å². The van der Waals surface area contributed by atoms with E-state index in [4.69, 9.17) is 5.73 Å². The van der Waals surface area contributed by atoms with Crippen LogP contribution >= 0.6 is 0 Å². The molecule has 2 saturated heterocycles. The maximum Gasteiger partial charge on any atom is 0.332 e. The van der Waals surface area contributed by atoms with Crippen molar-refractivity contribution in [2.75, 3.05) is 17.2 Å². The van der Waals surface area contributed by atoms with Crippen LogP contribution in [0.2, 0.25) is 0 Å². The van der Waals surface area contributed by atoms with Crippen molar-refractivity contribution >= 4 is 23.3 Å². The standard InChI is InChI=1S/C15H19N3O2/c1-2-10-7-8-17-13(9-10)14(19)18(15(17)20)12-5-3-11(16)4-6-12/h3-6,10,13H,2,7-9,16H2,1H3. The Morgan fingerprint density at radius 3 is 2.60 bits per heavy atom. The van der Waals surface area contributed by atoms with Gasteiger partial charge in [-0.05, 0) is 43.0 Å². The van der Waals surface area contributed by atoms with Crippen LogP contribution in [-0.4, -0.2) is 29.4 Å². The van der Waals surface area contributed by atoms with Crippen molar-refractivity contribution in [2.24, 2.45) is 5.92 Å². The molecule has 0 radical (unpaired) electrons. The summed E-state index contributed by atoms with van der Waals surface area (Å²) in [6.45, 7) is 2.82. The number of amides is 3. The maximum atomic E-state index is 12.5. The summed E-state index contributed by atoms with van der Waals surface area (Å²) in [6.07, 6.45) is 2.84. The summed E-state index contributed by atoms with van der Waals surface area (Å²) in [5.74, 6) is 0.442. The predicted molar refractivity (Wildman–Crippen MR) is 77.2 cm³/mol. The minimum absolute atomic E-state index is 0.0991. The Morgan fingerprint density at radius 1 is 1.25 bits per heavy atom. The summed E-state index contributed by atoms with van der Waals surface area (Å²) in [4.78, 5) is 28.0. The molecule has 3 amide bonds. The van der Waals surface area contributed by atoms with Crippen molar-refractivity contribution in [3.63, 3.8) is 0 Å². The molecular weight excluding hydrogens is 254 g/mol. The zero-order valence-corrected chi connectivity index (χ0v) is 11.6. The Morgan fingerprint density at radius 2 is 1.95 bits per heavy atom. The van der Waals surface area contributed by atoms with Crippen LogP contribution in [0.4, 0.5) is 16.2 Å². The van der Waals surface area contributed by atoms with E-state index in [2.05, 4.69) is 6.92 Å². The van der Waals surface area contributed by atoms with Gasteiger partial charge in [-0.1, -0.05) is 13.3 Å². The number of nitrogen functional groups attached to an aromatic ring is 1. The molecule has 0 bridgehead atoms. The number of carbonyl (C=O) groups excluding carboxylic acids is 2. The molecule has 1 aromatic rings. The third-order valence-corrected chi connectivity index (χ3v) is 4.38. The normalized spacial score (nSPS) is 26.1. The van der Waals surface area contributed by atoms with E-state index < -0.39 is 0 Å². The molecule has 0 aromatic heterocycles. The third-order valence-electron chi connectivity index (χ3n) is 4.38. The lowest BCUT2D eigenvalue weighted by Gasteiger charge is -2.31. The van der Waals surface area contributed by atoms with Gasteiger partial charge in [0.05, 0.1) is 5.69 Å². The largest absolute Gasteiger partial charge is 0.399 e. The molecular formula is C15H19N3O2. The number of urea groups is 1. The first-order chi connectivity index (χ1) is 9.61. The Labute approximate surface area is 118 Å². The van der Waals surface area contributed by atoms with E-state index in [1.165, 1.54) is 4.90 Å². The fourth-order valence-electron chi connectivity index (χ4n) is 3.11. The average Bonchev–Trinajstić information content (AvgIpc) is 2.72. The molecule has 106 valence electrons. The molecule has 20 heavy (non-hydrogen) atoms. The van der Waals surface area contributed by atoms with Crippen LogP contribution in [0.3, 0.4) is 0 Å². The first-order valence-electron chi connectivity index (χ1n) is 7.12. The minimum Gasteiger partial charge on any atom is -0.399 e. The molecule has 3 rings (SSSR count). The van der Waals surface area contributed by atoms with Crippen LogP contribution in [-0.2, 0) is 4.79 Å². The fourth-order valence-corrected chi connectivity index (χ4v) is 3.11. The molecule has 0 aliphatic carbocycles. The first-order valence-corrected chi connectivity index (χ1v) is 7.12. The van der Waals surface area contributed by atoms with Crippen molar-refractivity contribution in [1.29, 1.82) is 0 Å². The van der Waals surface area contributed by atoms with E-state index in [1.54, 1.807) is 29.2 Å². The molecule has 2 fully saturated rings. The number of nitrogens with two attached hydrogens (primary N) is 1. The number of anilines is 2. The average molecular weight is 273 g/mol. The lowest BCUT2D eigenvalue weighted by atomic mass is 9.89. The maximum absolute atomic E-state index is 12.5. The molecule has 2 aliphatic rings. The quantitative estimate of drug-likeness (QED) is 0.663. The lowest BCUT2D eigenvalue weighted by Crippen LogP contribution is -2.42. The number of rotatable bonds is 2. The monoisotopic (exact) mass is 273 g/mol. The van der Waals surface area contributed by atoms with E-state index in [0.717, 1.165) is 19.3 Å². The predicted octanol–water partition coefficient (Wildman–Crippen LogP) is 2.23. The van der Waals surface area contributed by atoms with Gasteiger partial charge in [-0.25, -0.2) is 9.69 Å². The zero-order chi connectivity index (χ0) is 14.3. The molecule has 1 aromatic carbocycles. The summed E-state index contributed by atoms with van der Waals surface area (Å²) in [5.41, 5.74) is 6.88. The van der Waals surface area contributed by atoms with Crippen LogP contribution in [0.5, 0.6) is 0 Å². The highest BCUT2D eigenvalue weighted by molar-refractivity contribution is 6.21. The Hall–Kier alpha value is -2.04. The third kappa shape index (κ3) is 1.94. The van der Waals surface area contributed by atoms with Crippen LogP contribution in [0.1, 0.15) is 26.2 Å². The highest BCUT2D eigenvalue weighted by atomic mass is 16.2. The number of carbonyl (C=O) groups is 2. The van der Waals surface area contributed by atoms with Gasteiger partial charge in [-0.15, -0.1) is 0 Å². The first kappa shape index (κ1) is 13.0. The van der Waals surface area contributed by atoms with Gasteiger partial charge in [0.25, 0.3) is 5.91 Å². The van der Waals surface area contributed by atoms with Gasteiger partial charge in [0.15, 0.2) is 0 Å². The Bertz CT molecular complexity index is 541.